The van der Waals surface area contributed by atoms with Gasteiger partial charge in [-0.1, -0.05) is 48.5 Å². The van der Waals surface area contributed by atoms with E-state index in [-0.39, 0.29) is 16.7 Å². The van der Waals surface area contributed by atoms with Crippen molar-refractivity contribution in [1.29, 1.82) is 0 Å². The van der Waals surface area contributed by atoms with Gasteiger partial charge in [-0.15, -0.1) is 0 Å². The summed E-state index contributed by atoms with van der Waals surface area (Å²) in [5, 5.41) is 22.0. The summed E-state index contributed by atoms with van der Waals surface area (Å²) in [6.07, 6.45) is 0.617. The lowest BCUT2D eigenvalue weighted by Gasteiger charge is -2.17. The second kappa shape index (κ2) is 10.3. The average molecular weight is 453 g/mol. The summed E-state index contributed by atoms with van der Waals surface area (Å²) in [6.45, 7) is 4.47. The van der Waals surface area contributed by atoms with Crippen molar-refractivity contribution >= 4 is 21.7 Å². The number of sulfonamides is 1. The van der Waals surface area contributed by atoms with Crippen LogP contribution in [0.5, 0.6) is 5.75 Å². The summed E-state index contributed by atoms with van der Waals surface area (Å²) in [5.41, 5.74) is 3.52. The Morgan fingerprint density at radius 3 is 2.31 bits per heavy atom. The predicted molar refractivity (Wildman–Crippen MR) is 129 cm³/mol. The van der Waals surface area contributed by atoms with E-state index in [4.69, 9.17) is 5.14 Å². The molecule has 0 radical (unpaired) electrons. The number of aliphatic imine (C=N–C) groups is 1. The average Bonchev–Trinajstić information content (AvgIpc) is 2.75. The highest BCUT2D eigenvalue weighted by atomic mass is 32.2. The van der Waals surface area contributed by atoms with E-state index in [0.717, 1.165) is 16.7 Å². The van der Waals surface area contributed by atoms with Gasteiger partial charge in [-0.2, -0.15) is 0 Å². The Hall–Kier alpha value is -3.36. The van der Waals surface area contributed by atoms with E-state index >= 15 is 0 Å². The third kappa shape index (κ3) is 6.57. The molecule has 0 atom stereocenters. The van der Waals surface area contributed by atoms with Crippen molar-refractivity contribution in [1.82, 2.24) is 5.32 Å². The van der Waals surface area contributed by atoms with Crippen LogP contribution in [0.4, 0.5) is 5.69 Å². The van der Waals surface area contributed by atoms with Gasteiger partial charge >= 0.3 is 0 Å². The maximum atomic E-state index is 11.4. The molecule has 32 heavy (non-hydrogen) atoms. The summed E-state index contributed by atoms with van der Waals surface area (Å²) >= 11 is 0. The van der Waals surface area contributed by atoms with Crippen LogP contribution < -0.4 is 15.8 Å². The standard InChI is InChI=1S/C24H28N4O3S/c1-17(2)27-24(26-15-14-18-8-11-21(12-9-18)32(25,30)31)28-22-16-20(10-13-23(22)29)19-6-4-3-5-7-19/h3-13,16-17,29H,14-15H2,1-2H3,(H2,25,30,31)(H2,26,27,28). The maximum Gasteiger partial charge on any atom is 0.238 e. The molecule has 0 spiro atoms. The maximum absolute atomic E-state index is 11.4. The van der Waals surface area contributed by atoms with Crippen LogP contribution in [0.1, 0.15) is 19.4 Å². The number of hydrogen-bond donors (Lipinski definition) is 4. The first kappa shape index (κ1) is 23.3. The molecule has 3 aromatic carbocycles. The zero-order valence-electron chi connectivity index (χ0n) is 18.1. The molecule has 0 saturated heterocycles. The number of primary sulfonamides is 1. The molecule has 0 unspecified atom stereocenters. The van der Waals surface area contributed by atoms with E-state index in [0.29, 0.717) is 24.6 Å². The molecule has 0 heterocycles. The normalized spacial score (nSPS) is 12.1. The van der Waals surface area contributed by atoms with Gasteiger partial charge in [0, 0.05) is 12.6 Å². The monoisotopic (exact) mass is 452 g/mol. The molecule has 0 aliphatic heterocycles. The molecule has 168 valence electrons. The number of nitrogens with zero attached hydrogens (tertiary/aromatic N) is 1. The SMILES string of the molecule is CC(C)NC(=NCCc1ccc(S(N)(=O)=O)cc1)Nc1cc(-c2ccccc2)ccc1O. The van der Waals surface area contributed by atoms with Gasteiger partial charge in [-0.05, 0) is 61.2 Å². The molecule has 3 rings (SSSR count). The number of benzene rings is 3. The summed E-state index contributed by atoms with van der Waals surface area (Å²) in [5.74, 6) is 0.670. The van der Waals surface area contributed by atoms with Crippen molar-refractivity contribution in [2.75, 3.05) is 11.9 Å². The third-order valence-electron chi connectivity index (χ3n) is 4.70. The molecule has 8 heteroatoms. The number of anilines is 1. The largest absolute Gasteiger partial charge is 0.506 e. The zero-order chi connectivity index (χ0) is 23.1. The zero-order valence-corrected chi connectivity index (χ0v) is 18.9. The third-order valence-corrected chi connectivity index (χ3v) is 5.63. The van der Waals surface area contributed by atoms with Crippen LogP contribution in [0.2, 0.25) is 0 Å². The number of nitrogens with one attached hydrogen (secondary N) is 2. The Kier molecular flexibility index (Phi) is 7.50. The van der Waals surface area contributed by atoms with Gasteiger partial charge in [0.05, 0.1) is 10.6 Å². The van der Waals surface area contributed by atoms with Gasteiger partial charge in [0.1, 0.15) is 5.75 Å². The smallest absolute Gasteiger partial charge is 0.238 e. The van der Waals surface area contributed by atoms with Crippen LogP contribution >= 0.6 is 0 Å². The predicted octanol–water partition coefficient (Wildman–Crippen LogP) is 3.72. The second-order valence-corrected chi connectivity index (χ2v) is 9.25. The fourth-order valence-electron chi connectivity index (χ4n) is 3.11. The van der Waals surface area contributed by atoms with Crippen molar-refractivity contribution in [3.63, 3.8) is 0 Å². The minimum atomic E-state index is -3.70. The Morgan fingerprint density at radius 1 is 1.00 bits per heavy atom. The summed E-state index contributed by atoms with van der Waals surface area (Å²) in [6, 6.07) is 21.9. The molecule has 0 aliphatic rings. The quantitative estimate of drug-likeness (QED) is 0.248. The van der Waals surface area contributed by atoms with E-state index in [1.807, 2.05) is 56.3 Å². The van der Waals surface area contributed by atoms with Crippen LogP contribution in [-0.2, 0) is 16.4 Å². The van der Waals surface area contributed by atoms with Crippen LogP contribution in [-0.4, -0.2) is 32.1 Å². The fourth-order valence-corrected chi connectivity index (χ4v) is 3.63. The van der Waals surface area contributed by atoms with E-state index in [9.17, 15) is 13.5 Å². The second-order valence-electron chi connectivity index (χ2n) is 7.69. The van der Waals surface area contributed by atoms with Gasteiger partial charge in [0.2, 0.25) is 10.0 Å². The Morgan fingerprint density at radius 2 is 1.69 bits per heavy atom. The van der Waals surface area contributed by atoms with E-state index in [1.165, 1.54) is 12.1 Å². The molecule has 7 nitrogen and oxygen atoms in total. The van der Waals surface area contributed by atoms with E-state index < -0.39 is 10.0 Å². The molecule has 0 saturated carbocycles. The molecule has 0 bridgehead atoms. The Balaban J connectivity index is 1.74. The van der Waals surface area contributed by atoms with Gasteiger partial charge in [0.25, 0.3) is 0 Å². The highest BCUT2D eigenvalue weighted by Crippen LogP contribution is 2.29. The van der Waals surface area contributed by atoms with E-state index in [1.54, 1.807) is 18.2 Å². The molecular weight excluding hydrogens is 424 g/mol. The van der Waals surface area contributed by atoms with Gasteiger partial charge in [-0.25, -0.2) is 13.6 Å². The van der Waals surface area contributed by atoms with Crippen molar-refractivity contribution in [3.8, 4) is 16.9 Å². The minimum Gasteiger partial charge on any atom is -0.506 e. The van der Waals surface area contributed by atoms with Gasteiger partial charge in [0.15, 0.2) is 5.96 Å². The van der Waals surface area contributed by atoms with Gasteiger partial charge < -0.3 is 15.7 Å². The highest BCUT2D eigenvalue weighted by molar-refractivity contribution is 7.89. The van der Waals surface area contributed by atoms with Crippen LogP contribution in [0, 0.1) is 0 Å². The first-order valence-electron chi connectivity index (χ1n) is 10.3. The number of rotatable bonds is 7. The van der Waals surface area contributed by atoms with Crippen LogP contribution in [0.15, 0.2) is 82.7 Å². The Labute approximate surface area is 189 Å². The van der Waals surface area contributed by atoms with Crippen LogP contribution in [0.25, 0.3) is 11.1 Å². The van der Waals surface area contributed by atoms with Crippen molar-refractivity contribution in [2.24, 2.45) is 10.1 Å². The fraction of sp³-hybridized carbons (Fsp3) is 0.208. The number of aromatic hydroxyl groups is 1. The Bertz CT molecular complexity index is 1180. The highest BCUT2D eigenvalue weighted by Gasteiger charge is 2.09. The molecule has 0 aliphatic carbocycles. The lowest BCUT2D eigenvalue weighted by atomic mass is 10.0. The molecule has 3 aromatic rings. The van der Waals surface area contributed by atoms with Gasteiger partial charge in [-0.3, -0.25) is 4.99 Å². The molecule has 0 aromatic heterocycles. The number of nitrogens with two attached hydrogens (primary N) is 1. The first-order chi connectivity index (χ1) is 15.2. The first-order valence-corrected chi connectivity index (χ1v) is 11.8. The van der Waals surface area contributed by atoms with Crippen molar-refractivity contribution in [2.45, 2.75) is 31.2 Å². The van der Waals surface area contributed by atoms with Crippen LogP contribution in [0.3, 0.4) is 0 Å². The number of phenolic OH excluding ortho intramolecular Hbond substituents is 1. The lowest BCUT2D eigenvalue weighted by Crippen LogP contribution is -2.36. The van der Waals surface area contributed by atoms with Crippen molar-refractivity contribution in [3.05, 3.63) is 78.4 Å². The number of hydrogen-bond acceptors (Lipinski definition) is 4. The molecule has 5 N–H and O–H groups in total. The summed E-state index contributed by atoms with van der Waals surface area (Å²) in [4.78, 5) is 4.70. The summed E-state index contributed by atoms with van der Waals surface area (Å²) in [7, 11) is -3.70. The van der Waals surface area contributed by atoms with E-state index in [2.05, 4.69) is 15.6 Å². The molecule has 0 amide bonds. The minimum absolute atomic E-state index is 0.0855. The molecular formula is C24H28N4O3S. The topological polar surface area (TPSA) is 117 Å². The summed E-state index contributed by atoms with van der Waals surface area (Å²) < 4.78 is 22.8. The number of phenols is 1. The molecule has 0 fully saturated rings. The van der Waals surface area contributed by atoms with Crippen molar-refractivity contribution < 1.29 is 13.5 Å². The number of guanidine groups is 1. The lowest BCUT2D eigenvalue weighted by molar-refractivity contribution is 0.478.